The molecule has 5 nitrogen and oxygen atoms in total. The molecule has 1 aromatic carbocycles. The fraction of sp³-hybridized carbons (Fsp3) is 0.176. The Morgan fingerprint density at radius 3 is 2.65 bits per heavy atom. The van der Waals surface area contributed by atoms with Gasteiger partial charge in [0.1, 0.15) is 11.3 Å². The summed E-state index contributed by atoms with van der Waals surface area (Å²) in [6.07, 6.45) is 2.28. The molecule has 0 aliphatic rings. The summed E-state index contributed by atoms with van der Waals surface area (Å²) in [5.41, 5.74) is 7.85. The zero-order chi connectivity index (χ0) is 16.4. The van der Waals surface area contributed by atoms with E-state index in [9.17, 15) is 4.39 Å². The second kappa shape index (κ2) is 6.08. The van der Waals surface area contributed by atoms with Gasteiger partial charge in [-0.2, -0.15) is 0 Å². The molecule has 0 atom stereocenters. The van der Waals surface area contributed by atoms with Crippen molar-refractivity contribution in [3.63, 3.8) is 0 Å². The maximum absolute atomic E-state index is 13.9. The van der Waals surface area contributed by atoms with E-state index in [4.69, 9.17) is 15.2 Å². The molecular formula is C17H16FN3O2. The van der Waals surface area contributed by atoms with E-state index >= 15 is 0 Å². The Morgan fingerprint density at radius 2 is 1.96 bits per heavy atom. The quantitative estimate of drug-likeness (QED) is 0.743. The molecule has 3 aromatic rings. The Hall–Kier alpha value is -2.89. The summed E-state index contributed by atoms with van der Waals surface area (Å²) in [5.74, 6) is 0.654. The van der Waals surface area contributed by atoms with E-state index in [1.54, 1.807) is 31.5 Å². The minimum Gasteiger partial charge on any atom is -0.495 e. The molecule has 0 amide bonds. The number of anilines is 1. The largest absolute Gasteiger partial charge is 0.495 e. The molecule has 2 aromatic heterocycles. The molecule has 118 valence electrons. The number of aryl methyl sites for hydroxylation is 1. The number of fused-ring (bicyclic) bond motifs is 1. The van der Waals surface area contributed by atoms with Crippen LogP contribution in [0.2, 0.25) is 0 Å². The Morgan fingerprint density at radius 1 is 1.13 bits per heavy atom. The van der Waals surface area contributed by atoms with Crippen molar-refractivity contribution in [1.29, 1.82) is 0 Å². The van der Waals surface area contributed by atoms with Gasteiger partial charge in [0.25, 0.3) is 0 Å². The molecule has 23 heavy (non-hydrogen) atoms. The average Bonchev–Trinajstić information content (AvgIpc) is 2.56. The molecule has 2 heterocycles. The van der Waals surface area contributed by atoms with E-state index in [-0.39, 0.29) is 5.75 Å². The zero-order valence-electron chi connectivity index (χ0n) is 12.8. The van der Waals surface area contributed by atoms with Crippen molar-refractivity contribution >= 4 is 16.7 Å². The number of benzene rings is 1. The summed E-state index contributed by atoms with van der Waals surface area (Å²) in [6.45, 7) is 1.98. The standard InChI is InChI=1S/C17H16FN3O2/c1-3-12-16(22-2)9-13-17(21-12)15(6-7-20-13)23-14-5-4-10(19)8-11(14)18/h4-9H,3,19H2,1-2H3. The van der Waals surface area contributed by atoms with Crippen LogP contribution < -0.4 is 15.2 Å². The van der Waals surface area contributed by atoms with Gasteiger partial charge in [-0.15, -0.1) is 0 Å². The van der Waals surface area contributed by atoms with Gasteiger partial charge in [-0.3, -0.25) is 4.98 Å². The van der Waals surface area contributed by atoms with E-state index < -0.39 is 5.82 Å². The number of nitrogens with zero attached hydrogens (tertiary/aromatic N) is 2. The molecule has 0 spiro atoms. The number of hydrogen-bond acceptors (Lipinski definition) is 5. The lowest BCUT2D eigenvalue weighted by atomic mass is 10.2. The number of nitrogen functional groups attached to an aromatic ring is 1. The average molecular weight is 313 g/mol. The van der Waals surface area contributed by atoms with Crippen LogP contribution in [0.25, 0.3) is 11.0 Å². The first-order valence-corrected chi connectivity index (χ1v) is 7.18. The molecule has 6 heteroatoms. The minimum atomic E-state index is -0.529. The number of rotatable bonds is 4. The summed E-state index contributed by atoms with van der Waals surface area (Å²) in [7, 11) is 1.59. The van der Waals surface area contributed by atoms with Gasteiger partial charge in [-0.05, 0) is 18.6 Å². The molecule has 0 bridgehead atoms. The molecule has 3 rings (SSSR count). The predicted molar refractivity (Wildman–Crippen MR) is 86.4 cm³/mol. The van der Waals surface area contributed by atoms with Crippen molar-refractivity contribution in [2.75, 3.05) is 12.8 Å². The highest BCUT2D eigenvalue weighted by molar-refractivity contribution is 5.82. The molecular weight excluding hydrogens is 297 g/mol. The van der Waals surface area contributed by atoms with Crippen molar-refractivity contribution in [2.45, 2.75) is 13.3 Å². The minimum absolute atomic E-state index is 0.0855. The van der Waals surface area contributed by atoms with Gasteiger partial charge in [0.2, 0.25) is 0 Å². The van der Waals surface area contributed by atoms with Crippen LogP contribution >= 0.6 is 0 Å². The van der Waals surface area contributed by atoms with Crippen LogP contribution in [-0.4, -0.2) is 17.1 Å². The molecule has 0 fully saturated rings. The summed E-state index contributed by atoms with van der Waals surface area (Å²) in [5, 5.41) is 0. The predicted octanol–water partition coefficient (Wildman–Crippen LogP) is 3.71. The van der Waals surface area contributed by atoms with Gasteiger partial charge in [-0.25, -0.2) is 9.37 Å². The molecule has 0 saturated carbocycles. The van der Waals surface area contributed by atoms with Gasteiger partial charge in [0, 0.05) is 30.1 Å². The van der Waals surface area contributed by atoms with Gasteiger partial charge in [-0.1, -0.05) is 6.92 Å². The highest BCUT2D eigenvalue weighted by atomic mass is 19.1. The Balaban J connectivity index is 2.10. The summed E-state index contributed by atoms with van der Waals surface area (Å²) in [6, 6.07) is 7.73. The molecule has 0 unspecified atom stereocenters. The maximum Gasteiger partial charge on any atom is 0.167 e. The van der Waals surface area contributed by atoms with E-state index in [1.165, 1.54) is 12.1 Å². The zero-order valence-corrected chi connectivity index (χ0v) is 12.8. The normalized spacial score (nSPS) is 10.7. The number of methoxy groups -OCH3 is 1. The topological polar surface area (TPSA) is 70.3 Å². The molecule has 0 aliphatic carbocycles. The highest BCUT2D eigenvalue weighted by Crippen LogP contribution is 2.32. The van der Waals surface area contributed by atoms with Gasteiger partial charge in [0.05, 0.1) is 18.3 Å². The number of halogens is 1. The van der Waals surface area contributed by atoms with Crippen molar-refractivity contribution in [1.82, 2.24) is 9.97 Å². The third-order valence-electron chi connectivity index (χ3n) is 3.45. The van der Waals surface area contributed by atoms with E-state index in [1.807, 2.05) is 6.92 Å². The fourth-order valence-corrected chi connectivity index (χ4v) is 2.30. The molecule has 2 N–H and O–H groups in total. The first kappa shape index (κ1) is 15.0. The fourth-order valence-electron chi connectivity index (χ4n) is 2.30. The summed E-state index contributed by atoms with van der Waals surface area (Å²) >= 11 is 0. The Bertz CT molecular complexity index is 868. The molecule has 0 saturated heterocycles. The Kier molecular flexibility index (Phi) is 3.97. The van der Waals surface area contributed by atoms with Crippen molar-refractivity contribution in [3.8, 4) is 17.2 Å². The SMILES string of the molecule is CCc1nc2c(Oc3ccc(N)cc3F)ccnc2cc1OC. The first-order valence-electron chi connectivity index (χ1n) is 7.18. The third kappa shape index (κ3) is 2.88. The molecule has 0 radical (unpaired) electrons. The summed E-state index contributed by atoms with van der Waals surface area (Å²) in [4.78, 5) is 8.82. The molecule has 0 aliphatic heterocycles. The lowest BCUT2D eigenvalue weighted by Gasteiger charge is -2.12. The Labute approximate surface area is 132 Å². The number of nitrogens with two attached hydrogens (primary N) is 1. The lowest BCUT2D eigenvalue weighted by Crippen LogP contribution is -1.98. The number of pyridine rings is 2. The smallest absolute Gasteiger partial charge is 0.167 e. The van der Waals surface area contributed by atoms with Crippen LogP contribution in [0.1, 0.15) is 12.6 Å². The van der Waals surface area contributed by atoms with Gasteiger partial charge < -0.3 is 15.2 Å². The van der Waals surface area contributed by atoms with Gasteiger partial charge in [0.15, 0.2) is 17.3 Å². The van der Waals surface area contributed by atoms with Crippen LogP contribution in [0.5, 0.6) is 17.2 Å². The second-order valence-corrected chi connectivity index (χ2v) is 4.96. The third-order valence-corrected chi connectivity index (χ3v) is 3.45. The van der Waals surface area contributed by atoms with E-state index in [0.717, 1.165) is 5.69 Å². The number of hydrogen-bond donors (Lipinski definition) is 1. The van der Waals surface area contributed by atoms with Crippen LogP contribution in [0.3, 0.4) is 0 Å². The highest BCUT2D eigenvalue weighted by Gasteiger charge is 2.13. The second-order valence-electron chi connectivity index (χ2n) is 4.96. The number of ether oxygens (including phenoxy) is 2. The van der Waals surface area contributed by atoms with Crippen molar-refractivity contribution in [3.05, 3.63) is 48.0 Å². The lowest BCUT2D eigenvalue weighted by molar-refractivity contribution is 0.408. The number of aromatic nitrogens is 2. The van der Waals surface area contributed by atoms with Crippen LogP contribution in [-0.2, 0) is 6.42 Å². The van der Waals surface area contributed by atoms with Crippen LogP contribution in [0.15, 0.2) is 36.5 Å². The summed E-state index contributed by atoms with van der Waals surface area (Å²) < 4.78 is 24.9. The van der Waals surface area contributed by atoms with E-state index in [0.29, 0.717) is 34.6 Å². The van der Waals surface area contributed by atoms with Gasteiger partial charge >= 0.3 is 0 Å². The first-order chi connectivity index (χ1) is 11.1. The van der Waals surface area contributed by atoms with Crippen molar-refractivity contribution in [2.24, 2.45) is 0 Å². The van der Waals surface area contributed by atoms with Crippen LogP contribution in [0.4, 0.5) is 10.1 Å². The van der Waals surface area contributed by atoms with Crippen molar-refractivity contribution < 1.29 is 13.9 Å². The van der Waals surface area contributed by atoms with Crippen LogP contribution in [0, 0.1) is 5.82 Å². The monoisotopic (exact) mass is 313 g/mol. The van der Waals surface area contributed by atoms with E-state index in [2.05, 4.69) is 9.97 Å². The maximum atomic E-state index is 13.9.